The molecule has 3 rings (SSSR count). The number of halogens is 1. The van der Waals surface area contributed by atoms with E-state index in [1.165, 1.54) is 37.0 Å². The Morgan fingerprint density at radius 2 is 1.86 bits per heavy atom. The first-order chi connectivity index (χ1) is 9.97. The third-order valence-corrected chi connectivity index (χ3v) is 9.15. The highest BCUT2D eigenvalue weighted by Crippen LogP contribution is 2.47. The van der Waals surface area contributed by atoms with Gasteiger partial charge in [0.2, 0.25) is 10.0 Å². The number of thiophene rings is 1. The maximum atomic E-state index is 12.8. The van der Waals surface area contributed by atoms with Crippen LogP contribution >= 0.6 is 27.3 Å². The summed E-state index contributed by atoms with van der Waals surface area (Å²) in [7, 11) is -3.39. The predicted molar refractivity (Wildman–Crippen MR) is 88.8 cm³/mol. The van der Waals surface area contributed by atoms with Crippen LogP contribution in [0.3, 0.4) is 0 Å². The minimum Gasteiger partial charge on any atom is -0.326 e. The predicted octanol–water partition coefficient (Wildman–Crippen LogP) is 3.31. The van der Waals surface area contributed by atoms with Gasteiger partial charge in [-0.1, -0.05) is 12.8 Å². The van der Waals surface area contributed by atoms with Crippen molar-refractivity contribution in [3.05, 3.63) is 14.7 Å². The smallest absolute Gasteiger partial charge is 0.245 e. The van der Waals surface area contributed by atoms with Crippen LogP contribution in [0.15, 0.2) is 14.7 Å². The van der Waals surface area contributed by atoms with Gasteiger partial charge in [0, 0.05) is 24.5 Å². The molecule has 1 aliphatic carbocycles. The van der Waals surface area contributed by atoms with Crippen LogP contribution in [-0.2, 0) is 16.6 Å². The van der Waals surface area contributed by atoms with Crippen LogP contribution in [0.2, 0.25) is 0 Å². The maximum absolute atomic E-state index is 12.8. The molecule has 2 N–H and O–H groups in total. The van der Waals surface area contributed by atoms with E-state index in [-0.39, 0.29) is 0 Å². The molecule has 2 aliphatic rings. The fourth-order valence-corrected chi connectivity index (χ4v) is 7.59. The van der Waals surface area contributed by atoms with Crippen molar-refractivity contribution in [2.75, 3.05) is 13.1 Å². The topological polar surface area (TPSA) is 63.4 Å². The summed E-state index contributed by atoms with van der Waals surface area (Å²) in [6.45, 7) is 1.69. The second-order valence-corrected chi connectivity index (χ2v) is 10.5. The minimum absolute atomic E-state index is 0.377. The first-order valence-electron chi connectivity index (χ1n) is 7.45. The van der Waals surface area contributed by atoms with Gasteiger partial charge in [-0.15, -0.1) is 11.3 Å². The fourth-order valence-electron chi connectivity index (χ4n) is 3.64. The molecule has 0 aromatic carbocycles. The Hall–Kier alpha value is 0.0500. The van der Waals surface area contributed by atoms with Gasteiger partial charge in [0.25, 0.3) is 0 Å². The SMILES string of the molecule is NCc1cc(S(=O)(=O)N2CCC3(CCCC3)CC2)c(Br)s1. The van der Waals surface area contributed by atoms with Gasteiger partial charge in [0.15, 0.2) is 0 Å². The lowest BCUT2D eigenvalue weighted by molar-refractivity contribution is 0.160. The second kappa shape index (κ2) is 5.92. The van der Waals surface area contributed by atoms with Crippen molar-refractivity contribution in [3.63, 3.8) is 0 Å². The summed E-state index contributed by atoms with van der Waals surface area (Å²) in [6.07, 6.45) is 7.20. The van der Waals surface area contributed by atoms with Crippen molar-refractivity contribution in [2.24, 2.45) is 11.1 Å². The zero-order valence-corrected chi connectivity index (χ0v) is 15.2. The van der Waals surface area contributed by atoms with Gasteiger partial charge in [0.05, 0.1) is 3.79 Å². The number of hydrogen-bond donors (Lipinski definition) is 1. The van der Waals surface area contributed by atoms with Crippen LogP contribution < -0.4 is 5.73 Å². The van der Waals surface area contributed by atoms with E-state index in [9.17, 15) is 8.42 Å². The summed E-state index contributed by atoms with van der Waals surface area (Å²) in [4.78, 5) is 1.28. The van der Waals surface area contributed by atoms with Gasteiger partial charge in [-0.05, 0) is 53.1 Å². The summed E-state index contributed by atoms with van der Waals surface area (Å²) < 4.78 is 27.9. The van der Waals surface area contributed by atoms with E-state index in [0.717, 1.165) is 17.7 Å². The number of sulfonamides is 1. The Bertz CT molecular complexity index is 611. The van der Waals surface area contributed by atoms with Crippen LogP contribution in [0.1, 0.15) is 43.4 Å². The average molecular weight is 393 g/mol. The van der Waals surface area contributed by atoms with Crippen LogP contribution in [0.25, 0.3) is 0 Å². The molecule has 0 bridgehead atoms. The standard InChI is InChI=1S/C14H21BrN2O2S2/c15-13-12(9-11(10-16)20-13)21(18,19)17-7-5-14(6-8-17)3-1-2-4-14/h9H,1-8,10,16H2. The van der Waals surface area contributed by atoms with E-state index in [1.54, 1.807) is 10.4 Å². The van der Waals surface area contributed by atoms with E-state index >= 15 is 0 Å². The lowest BCUT2D eigenvalue weighted by Crippen LogP contribution is -2.42. The van der Waals surface area contributed by atoms with Gasteiger partial charge < -0.3 is 5.73 Å². The van der Waals surface area contributed by atoms with E-state index in [0.29, 0.717) is 33.7 Å². The third kappa shape index (κ3) is 2.95. The minimum atomic E-state index is -3.39. The molecular formula is C14H21BrN2O2S2. The number of rotatable bonds is 3. The Kier molecular flexibility index (Phi) is 4.49. The molecule has 0 atom stereocenters. The molecule has 2 heterocycles. The molecule has 1 saturated carbocycles. The van der Waals surface area contributed by atoms with Gasteiger partial charge in [0.1, 0.15) is 4.90 Å². The molecule has 1 aromatic rings. The second-order valence-electron chi connectivity index (χ2n) is 6.17. The summed E-state index contributed by atoms with van der Waals surface area (Å²) in [6, 6.07) is 1.71. The highest BCUT2D eigenvalue weighted by molar-refractivity contribution is 9.11. The maximum Gasteiger partial charge on any atom is 0.245 e. The lowest BCUT2D eigenvalue weighted by Gasteiger charge is -2.38. The molecule has 1 saturated heterocycles. The average Bonchev–Trinajstić information content (AvgIpc) is 3.07. The Balaban J connectivity index is 1.78. The molecule has 4 nitrogen and oxygen atoms in total. The summed E-state index contributed by atoms with van der Waals surface area (Å²) in [5.41, 5.74) is 6.04. The normalized spacial score (nSPS) is 23.0. The number of hydrogen-bond acceptors (Lipinski definition) is 4. The van der Waals surface area contributed by atoms with E-state index in [2.05, 4.69) is 15.9 Å². The molecule has 1 aromatic heterocycles. The zero-order chi connectivity index (χ0) is 15.1. The highest BCUT2D eigenvalue weighted by Gasteiger charge is 2.40. The Morgan fingerprint density at radius 3 is 2.38 bits per heavy atom. The number of piperidine rings is 1. The van der Waals surface area contributed by atoms with Gasteiger partial charge in [-0.3, -0.25) is 0 Å². The van der Waals surface area contributed by atoms with Crippen molar-refractivity contribution >= 4 is 37.3 Å². The van der Waals surface area contributed by atoms with Crippen molar-refractivity contribution in [1.82, 2.24) is 4.31 Å². The molecule has 0 amide bonds. The molecule has 1 aliphatic heterocycles. The fraction of sp³-hybridized carbons (Fsp3) is 0.714. The first-order valence-corrected chi connectivity index (χ1v) is 10.5. The molecule has 7 heteroatoms. The molecule has 2 fully saturated rings. The monoisotopic (exact) mass is 392 g/mol. The summed E-state index contributed by atoms with van der Waals surface area (Å²) in [5.74, 6) is 0. The highest BCUT2D eigenvalue weighted by atomic mass is 79.9. The van der Waals surface area contributed by atoms with Crippen LogP contribution in [-0.4, -0.2) is 25.8 Å². The lowest BCUT2D eigenvalue weighted by atomic mass is 9.78. The van der Waals surface area contributed by atoms with Gasteiger partial charge in [-0.2, -0.15) is 4.31 Å². The van der Waals surface area contributed by atoms with Crippen LogP contribution in [0.5, 0.6) is 0 Å². The van der Waals surface area contributed by atoms with E-state index < -0.39 is 10.0 Å². The molecule has 118 valence electrons. The largest absolute Gasteiger partial charge is 0.326 e. The van der Waals surface area contributed by atoms with Crippen LogP contribution in [0, 0.1) is 5.41 Å². The number of nitrogens with two attached hydrogens (primary N) is 1. The van der Waals surface area contributed by atoms with Crippen molar-refractivity contribution in [2.45, 2.75) is 50.0 Å². The molecule has 0 unspecified atom stereocenters. The summed E-state index contributed by atoms with van der Waals surface area (Å²) in [5, 5.41) is 0. The van der Waals surface area contributed by atoms with E-state index in [4.69, 9.17) is 5.73 Å². The van der Waals surface area contributed by atoms with E-state index in [1.807, 2.05) is 0 Å². The first kappa shape index (κ1) is 15.9. The van der Waals surface area contributed by atoms with Gasteiger partial charge >= 0.3 is 0 Å². The van der Waals surface area contributed by atoms with Crippen LogP contribution in [0.4, 0.5) is 0 Å². The van der Waals surface area contributed by atoms with Crippen molar-refractivity contribution in [1.29, 1.82) is 0 Å². The van der Waals surface area contributed by atoms with Crippen molar-refractivity contribution < 1.29 is 8.42 Å². The Morgan fingerprint density at radius 1 is 1.24 bits per heavy atom. The molecule has 1 spiro atoms. The van der Waals surface area contributed by atoms with Gasteiger partial charge in [-0.25, -0.2) is 8.42 Å². The molecule has 21 heavy (non-hydrogen) atoms. The molecule has 0 radical (unpaired) electrons. The third-order valence-electron chi connectivity index (χ3n) is 4.97. The molecular weight excluding hydrogens is 372 g/mol. The number of nitrogens with zero attached hydrogens (tertiary/aromatic N) is 1. The van der Waals surface area contributed by atoms with Crippen molar-refractivity contribution in [3.8, 4) is 0 Å². The summed E-state index contributed by atoms with van der Waals surface area (Å²) >= 11 is 4.79. The zero-order valence-electron chi connectivity index (χ0n) is 12.0. The Labute approximate surface area is 138 Å². The quantitative estimate of drug-likeness (QED) is 0.857.